The van der Waals surface area contributed by atoms with Gasteiger partial charge in [0.25, 0.3) is 5.91 Å². The second-order valence-electron chi connectivity index (χ2n) is 5.74. The Morgan fingerprint density at radius 3 is 2.85 bits per heavy atom. The highest BCUT2D eigenvalue weighted by Gasteiger charge is 2.19. The van der Waals surface area contributed by atoms with E-state index in [0.717, 1.165) is 18.8 Å². The van der Waals surface area contributed by atoms with Crippen molar-refractivity contribution in [3.8, 4) is 5.75 Å². The molecular weight excluding hydrogens is 252 g/mol. The fourth-order valence-electron chi connectivity index (χ4n) is 2.75. The molecule has 0 saturated heterocycles. The van der Waals surface area contributed by atoms with Crippen molar-refractivity contribution in [2.24, 2.45) is 5.92 Å². The summed E-state index contributed by atoms with van der Waals surface area (Å²) in [5.41, 5.74) is 6.92. The molecular formula is C16H24N2O2. The Bertz CT molecular complexity index is 474. The number of hydrogen-bond acceptors (Lipinski definition) is 3. The molecule has 20 heavy (non-hydrogen) atoms. The predicted molar refractivity (Wildman–Crippen MR) is 80.9 cm³/mol. The normalized spacial score (nSPS) is 22.9. The van der Waals surface area contributed by atoms with E-state index in [2.05, 4.69) is 12.2 Å². The first-order chi connectivity index (χ1) is 9.60. The van der Waals surface area contributed by atoms with Crippen molar-refractivity contribution >= 4 is 11.6 Å². The highest BCUT2D eigenvalue weighted by atomic mass is 16.5. The number of amides is 1. The summed E-state index contributed by atoms with van der Waals surface area (Å²) < 4.78 is 5.15. The lowest BCUT2D eigenvalue weighted by Gasteiger charge is -2.17. The molecule has 2 atom stereocenters. The molecule has 2 rings (SSSR count). The Morgan fingerprint density at radius 1 is 1.30 bits per heavy atom. The van der Waals surface area contributed by atoms with Crippen molar-refractivity contribution in [3.05, 3.63) is 23.8 Å². The molecule has 0 aliphatic heterocycles. The summed E-state index contributed by atoms with van der Waals surface area (Å²) in [6.45, 7) is 2.29. The third-order valence-electron chi connectivity index (χ3n) is 4.09. The van der Waals surface area contributed by atoms with Gasteiger partial charge in [-0.05, 0) is 43.4 Å². The maximum atomic E-state index is 12.3. The van der Waals surface area contributed by atoms with Crippen LogP contribution in [-0.2, 0) is 0 Å². The Labute approximate surface area is 120 Å². The first-order valence-electron chi connectivity index (χ1n) is 7.34. The average molecular weight is 276 g/mol. The van der Waals surface area contributed by atoms with Crippen LogP contribution >= 0.6 is 0 Å². The molecule has 1 saturated carbocycles. The van der Waals surface area contributed by atoms with Crippen molar-refractivity contribution in [1.82, 2.24) is 5.32 Å². The van der Waals surface area contributed by atoms with Gasteiger partial charge in [-0.1, -0.05) is 19.8 Å². The van der Waals surface area contributed by atoms with Gasteiger partial charge >= 0.3 is 0 Å². The van der Waals surface area contributed by atoms with Gasteiger partial charge in [-0.25, -0.2) is 0 Å². The topological polar surface area (TPSA) is 64.3 Å². The van der Waals surface area contributed by atoms with Crippen LogP contribution in [0.5, 0.6) is 5.75 Å². The van der Waals surface area contributed by atoms with Gasteiger partial charge in [-0.15, -0.1) is 0 Å². The number of methoxy groups -OCH3 is 1. The van der Waals surface area contributed by atoms with Crippen LogP contribution in [0.3, 0.4) is 0 Å². The number of nitrogen functional groups attached to an aromatic ring is 1. The van der Waals surface area contributed by atoms with Gasteiger partial charge in [0, 0.05) is 11.6 Å². The lowest BCUT2D eigenvalue weighted by Crippen LogP contribution is -2.34. The Balaban J connectivity index is 2.00. The smallest absolute Gasteiger partial charge is 0.251 e. The van der Waals surface area contributed by atoms with Gasteiger partial charge in [-0.2, -0.15) is 0 Å². The van der Waals surface area contributed by atoms with E-state index < -0.39 is 0 Å². The number of carbonyl (C=O) groups excluding carboxylic acids is 1. The van der Waals surface area contributed by atoms with E-state index >= 15 is 0 Å². The first kappa shape index (κ1) is 14.7. The maximum Gasteiger partial charge on any atom is 0.251 e. The summed E-state index contributed by atoms with van der Waals surface area (Å²) in [5, 5.41) is 3.13. The Kier molecular flexibility index (Phi) is 4.88. The van der Waals surface area contributed by atoms with Gasteiger partial charge < -0.3 is 15.8 Å². The van der Waals surface area contributed by atoms with E-state index in [9.17, 15) is 4.79 Å². The van der Waals surface area contributed by atoms with E-state index in [1.54, 1.807) is 25.3 Å². The SMILES string of the molecule is COc1cc(C(=O)NC2CCCC(C)CC2)ccc1N. The standard InChI is InChI=1S/C16H24N2O2/c1-11-4-3-5-13(8-6-11)18-16(19)12-7-9-14(17)15(10-12)20-2/h7,9-11,13H,3-6,8,17H2,1-2H3,(H,18,19). The van der Waals surface area contributed by atoms with E-state index in [1.807, 2.05) is 0 Å². The van der Waals surface area contributed by atoms with Crippen LogP contribution in [0.25, 0.3) is 0 Å². The molecule has 4 nitrogen and oxygen atoms in total. The number of carbonyl (C=O) groups is 1. The Hall–Kier alpha value is -1.71. The van der Waals surface area contributed by atoms with E-state index in [-0.39, 0.29) is 11.9 Å². The lowest BCUT2D eigenvalue weighted by atomic mass is 10.0. The van der Waals surface area contributed by atoms with Crippen LogP contribution in [0, 0.1) is 5.92 Å². The number of benzene rings is 1. The summed E-state index contributed by atoms with van der Waals surface area (Å²) in [7, 11) is 1.56. The van der Waals surface area contributed by atoms with Crippen molar-refractivity contribution in [1.29, 1.82) is 0 Å². The monoisotopic (exact) mass is 276 g/mol. The number of nitrogens with two attached hydrogens (primary N) is 1. The summed E-state index contributed by atoms with van der Waals surface area (Å²) in [4.78, 5) is 12.3. The molecule has 1 aromatic carbocycles. The van der Waals surface area contributed by atoms with Gasteiger partial charge in [0.05, 0.1) is 12.8 Å². The van der Waals surface area contributed by atoms with Crippen molar-refractivity contribution < 1.29 is 9.53 Å². The van der Waals surface area contributed by atoms with Gasteiger partial charge in [0.2, 0.25) is 0 Å². The van der Waals surface area contributed by atoms with Crippen molar-refractivity contribution in [2.75, 3.05) is 12.8 Å². The molecule has 0 aromatic heterocycles. The number of rotatable bonds is 3. The van der Waals surface area contributed by atoms with E-state index in [1.165, 1.54) is 19.3 Å². The largest absolute Gasteiger partial charge is 0.495 e. The minimum absolute atomic E-state index is 0.0390. The number of ether oxygens (including phenoxy) is 1. The highest BCUT2D eigenvalue weighted by Crippen LogP contribution is 2.24. The molecule has 0 bridgehead atoms. The van der Waals surface area contributed by atoms with Crippen molar-refractivity contribution in [2.45, 2.75) is 45.1 Å². The number of hydrogen-bond donors (Lipinski definition) is 2. The fourth-order valence-corrected chi connectivity index (χ4v) is 2.75. The van der Waals surface area contributed by atoms with Gasteiger partial charge in [0.1, 0.15) is 5.75 Å². The zero-order valence-electron chi connectivity index (χ0n) is 12.3. The zero-order valence-corrected chi connectivity index (χ0v) is 12.3. The van der Waals surface area contributed by atoms with Gasteiger partial charge in [-0.3, -0.25) is 4.79 Å². The molecule has 3 N–H and O–H groups in total. The van der Waals surface area contributed by atoms with Crippen LogP contribution in [0.15, 0.2) is 18.2 Å². The first-order valence-corrected chi connectivity index (χ1v) is 7.34. The van der Waals surface area contributed by atoms with Crippen LogP contribution in [0.2, 0.25) is 0 Å². The molecule has 1 aliphatic rings. The minimum Gasteiger partial charge on any atom is -0.495 e. The Morgan fingerprint density at radius 2 is 2.10 bits per heavy atom. The molecule has 4 heteroatoms. The summed E-state index contributed by atoms with van der Waals surface area (Å²) in [6.07, 6.45) is 5.79. The maximum absolute atomic E-state index is 12.3. The minimum atomic E-state index is -0.0390. The van der Waals surface area contributed by atoms with Crippen LogP contribution in [0.4, 0.5) is 5.69 Å². The highest BCUT2D eigenvalue weighted by molar-refractivity contribution is 5.95. The second-order valence-corrected chi connectivity index (χ2v) is 5.74. The molecule has 1 aliphatic carbocycles. The van der Waals surface area contributed by atoms with Crippen molar-refractivity contribution in [3.63, 3.8) is 0 Å². The lowest BCUT2D eigenvalue weighted by molar-refractivity contribution is 0.0933. The third kappa shape index (κ3) is 3.65. The molecule has 2 unspecified atom stereocenters. The summed E-state index contributed by atoms with van der Waals surface area (Å²) >= 11 is 0. The zero-order chi connectivity index (χ0) is 14.5. The molecule has 0 spiro atoms. The van der Waals surface area contributed by atoms with Crippen LogP contribution in [0.1, 0.15) is 49.4 Å². The van der Waals surface area contributed by atoms with E-state index in [4.69, 9.17) is 10.5 Å². The predicted octanol–water partition coefficient (Wildman–Crippen LogP) is 2.98. The molecule has 0 heterocycles. The third-order valence-corrected chi connectivity index (χ3v) is 4.09. The molecule has 110 valence electrons. The summed E-state index contributed by atoms with van der Waals surface area (Å²) in [5.74, 6) is 1.28. The molecule has 1 aromatic rings. The molecule has 1 fully saturated rings. The van der Waals surface area contributed by atoms with Gasteiger partial charge in [0.15, 0.2) is 0 Å². The fraction of sp³-hybridized carbons (Fsp3) is 0.562. The quantitative estimate of drug-likeness (QED) is 0.659. The van der Waals surface area contributed by atoms with Crippen LogP contribution < -0.4 is 15.8 Å². The van der Waals surface area contributed by atoms with Crippen LogP contribution in [-0.4, -0.2) is 19.1 Å². The molecule has 1 amide bonds. The average Bonchev–Trinajstić information content (AvgIpc) is 2.64. The van der Waals surface area contributed by atoms with E-state index in [0.29, 0.717) is 17.0 Å². The number of anilines is 1. The summed E-state index contributed by atoms with van der Waals surface area (Å²) in [6, 6.07) is 5.44. The number of nitrogens with one attached hydrogen (secondary N) is 1. The second kappa shape index (κ2) is 6.64. The molecule has 0 radical (unpaired) electrons.